The van der Waals surface area contributed by atoms with Crippen molar-refractivity contribution in [1.29, 1.82) is 0 Å². The number of amides is 1. The van der Waals surface area contributed by atoms with Crippen molar-refractivity contribution >= 4 is 15.7 Å². The molecule has 128 valence electrons. The summed E-state index contributed by atoms with van der Waals surface area (Å²) in [6.45, 7) is 5.63. The van der Waals surface area contributed by atoms with E-state index in [0.717, 1.165) is 25.2 Å². The summed E-state index contributed by atoms with van der Waals surface area (Å²) in [4.78, 5) is 19.0. The summed E-state index contributed by atoms with van der Waals surface area (Å²) in [5.41, 5.74) is 0. The fourth-order valence-electron chi connectivity index (χ4n) is 3.71. The predicted octanol–water partition coefficient (Wildman–Crippen LogP) is 1.60. The molecule has 2 aliphatic rings. The second kappa shape index (κ2) is 6.26. The third-order valence-corrected chi connectivity index (χ3v) is 6.67. The fourth-order valence-corrected chi connectivity index (χ4v) is 5.44. The number of imidazole rings is 1. The molecule has 2 atom stereocenters. The van der Waals surface area contributed by atoms with Gasteiger partial charge in [0.2, 0.25) is 5.91 Å². The Hall–Kier alpha value is -1.37. The number of likely N-dealkylation sites (tertiary alicyclic amines) is 1. The molecule has 2 unspecified atom stereocenters. The molecule has 1 amide bonds. The third kappa shape index (κ3) is 3.44. The van der Waals surface area contributed by atoms with Crippen molar-refractivity contribution in [3.05, 3.63) is 18.2 Å². The molecule has 2 fully saturated rings. The predicted molar refractivity (Wildman–Crippen MR) is 87.9 cm³/mol. The third-order valence-electron chi connectivity index (χ3n) is 4.90. The number of nitrogens with zero attached hydrogens (tertiary/aromatic N) is 3. The highest BCUT2D eigenvalue weighted by Gasteiger charge is 2.37. The van der Waals surface area contributed by atoms with Crippen LogP contribution in [0.3, 0.4) is 0 Å². The van der Waals surface area contributed by atoms with Crippen LogP contribution in [0.2, 0.25) is 0 Å². The van der Waals surface area contributed by atoms with Crippen LogP contribution < -0.4 is 0 Å². The van der Waals surface area contributed by atoms with Gasteiger partial charge in [0, 0.05) is 31.4 Å². The molecule has 2 saturated heterocycles. The van der Waals surface area contributed by atoms with Gasteiger partial charge in [-0.05, 0) is 19.3 Å². The van der Waals surface area contributed by atoms with E-state index in [9.17, 15) is 13.2 Å². The second-order valence-electron chi connectivity index (χ2n) is 7.03. The molecule has 2 aliphatic heterocycles. The highest BCUT2D eigenvalue weighted by atomic mass is 32.2. The van der Waals surface area contributed by atoms with Crippen LogP contribution in [0, 0.1) is 5.92 Å². The first kappa shape index (κ1) is 16.5. The molecule has 0 bridgehead atoms. The minimum absolute atomic E-state index is 0.0157. The Balaban J connectivity index is 1.71. The maximum atomic E-state index is 12.7. The SMILES string of the molecule is CC(C)c1nccn1C1CCCN(C(=O)C2CCS(=O)(=O)C2)C1. The summed E-state index contributed by atoms with van der Waals surface area (Å²) < 4.78 is 25.4. The zero-order valence-corrected chi connectivity index (χ0v) is 14.6. The van der Waals surface area contributed by atoms with Gasteiger partial charge >= 0.3 is 0 Å². The van der Waals surface area contributed by atoms with Gasteiger partial charge in [0.05, 0.1) is 23.5 Å². The van der Waals surface area contributed by atoms with Gasteiger partial charge in [0.25, 0.3) is 0 Å². The van der Waals surface area contributed by atoms with Crippen LogP contribution in [0.5, 0.6) is 0 Å². The molecule has 0 saturated carbocycles. The van der Waals surface area contributed by atoms with Crippen molar-refractivity contribution in [3.8, 4) is 0 Å². The molecule has 0 N–H and O–H groups in total. The van der Waals surface area contributed by atoms with Crippen molar-refractivity contribution in [3.63, 3.8) is 0 Å². The zero-order chi connectivity index (χ0) is 16.6. The van der Waals surface area contributed by atoms with E-state index in [2.05, 4.69) is 23.4 Å². The topological polar surface area (TPSA) is 72.3 Å². The molecule has 0 aromatic carbocycles. The van der Waals surface area contributed by atoms with E-state index in [-0.39, 0.29) is 29.4 Å². The highest BCUT2D eigenvalue weighted by molar-refractivity contribution is 7.91. The van der Waals surface area contributed by atoms with E-state index in [0.29, 0.717) is 18.9 Å². The van der Waals surface area contributed by atoms with E-state index in [1.54, 1.807) is 0 Å². The van der Waals surface area contributed by atoms with Gasteiger partial charge in [-0.1, -0.05) is 13.8 Å². The Morgan fingerprint density at radius 3 is 2.78 bits per heavy atom. The number of rotatable bonds is 3. The summed E-state index contributed by atoms with van der Waals surface area (Å²) in [5, 5.41) is 0. The summed E-state index contributed by atoms with van der Waals surface area (Å²) >= 11 is 0. The van der Waals surface area contributed by atoms with Crippen molar-refractivity contribution in [1.82, 2.24) is 14.5 Å². The molecular weight excluding hydrogens is 314 g/mol. The maximum absolute atomic E-state index is 12.7. The Morgan fingerprint density at radius 1 is 1.35 bits per heavy atom. The molecule has 7 heteroatoms. The Kier molecular flexibility index (Phi) is 4.49. The van der Waals surface area contributed by atoms with Crippen molar-refractivity contribution in [2.75, 3.05) is 24.6 Å². The smallest absolute Gasteiger partial charge is 0.226 e. The molecule has 1 aromatic heterocycles. The van der Waals surface area contributed by atoms with Crippen LogP contribution in [0.25, 0.3) is 0 Å². The van der Waals surface area contributed by atoms with Gasteiger partial charge in [-0.2, -0.15) is 0 Å². The van der Waals surface area contributed by atoms with E-state index in [4.69, 9.17) is 0 Å². The number of piperidine rings is 1. The Labute approximate surface area is 137 Å². The summed E-state index contributed by atoms with van der Waals surface area (Å²) in [6.07, 6.45) is 6.27. The first-order chi connectivity index (χ1) is 10.9. The zero-order valence-electron chi connectivity index (χ0n) is 13.8. The first-order valence-corrected chi connectivity index (χ1v) is 10.2. The molecule has 3 rings (SSSR count). The van der Waals surface area contributed by atoms with Gasteiger partial charge in [-0.25, -0.2) is 13.4 Å². The lowest BCUT2D eigenvalue weighted by molar-refractivity contribution is -0.136. The minimum Gasteiger partial charge on any atom is -0.340 e. The maximum Gasteiger partial charge on any atom is 0.226 e. The van der Waals surface area contributed by atoms with Gasteiger partial charge in [0.1, 0.15) is 5.82 Å². The van der Waals surface area contributed by atoms with Crippen LogP contribution >= 0.6 is 0 Å². The number of carbonyl (C=O) groups excluding carboxylic acids is 1. The standard InChI is InChI=1S/C16H25N3O3S/c1-12(2)15-17-6-8-19(15)14-4-3-7-18(10-14)16(20)13-5-9-23(21,22)11-13/h6,8,12-14H,3-5,7,9-11H2,1-2H3. The van der Waals surface area contributed by atoms with E-state index >= 15 is 0 Å². The lowest BCUT2D eigenvalue weighted by Crippen LogP contribution is -2.44. The van der Waals surface area contributed by atoms with Gasteiger partial charge in [-0.3, -0.25) is 4.79 Å². The first-order valence-electron chi connectivity index (χ1n) is 8.39. The number of aromatic nitrogens is 2. The summed E-state index contributed by atoms with van der Waals surface area (Å²) in [6, 6.07) is 0.241. The monoisotopic (exact) mass is 339 g/mol. The van der Waals surface area contributed by atoms with E-state index in [1.807, 2.05) is 17.3 Å². The molecule has 0 aliphatic carbocycles. The van der Waals surface area contributed by atoms with Crippen LogP contribution in [0.1, 0.15) is 50.9 Å². The highest BCUT2D eigenvalue weighted by Crippen LogP contribution is 2.28. The lowest BCUT2D eigenvalue weighted by atomic mass is 10.0. The molecule has 0 spiro atoms. The fraction of sp³-hybridized carbons (Fsp3) is 0.750. The number of hydrogen-bond acceptors (Lipinski definition) is 4. The minimum atomic E-state index is -3.02. The van der Waals surface area contributed by atoms with Crippen LogP contribution in [-0.2, 0) is 14.6 Å². The normalized spacial score (nSPS) is 27.5. The van der Waals surface area contributed by atoms with Crippen molar-refractivity contribution in [2.45, 2.75) is 45.1 Å². The molecule has 3 heterocycles. The van der Waals surface area contributed by atoms with Crippen molar-refractivity contribution in [2.24, 2.45) is 5.92 Å². The average molecular weight is 339 g/mol. The molecule has 6 nitrogen and oxygen atoms in total. The largest absolute Gasteiger partial charge is 0.340 e. The Bertz CT molecular complexity index is 680. The van der Waals surface area contributed by atoms with Gasteiger partial charge in [0.15, 0.2) is 9.84 Å². The van der Waals surface area contributed by atoms with Gasteiger partial charge < -0.3 is 9.47 Å². The summed E-state index contributed by atoms with van der Waals surface area (Å²) in [5.74, 6) is 1.24. The molecule has 0 radical (unpaired) electrons. The summed E-state index contributed by atoms with van der Waals surface area (Å²) in [7, 11) is -3.02. The quantitative estimate of drug-likeness (QED) is 0.838. The second-order valence-corrected chi connectivity index (χ2v) is 9.26. The molecular formula is C16H25N3O3S. The number of sulfone groups is 1. The van der Waals surface area contributed by atoms with Crippen LogP contribution in [0.4, 0.5) is 0 Å². The molecule has 1 aromatic rings. The number of carbonyl (C=O) groups is 1. The van der Waals surface area contributed by atoms with E-state index in [1.165, 1.54) is 0 Å². The van der Waals surface area contributed by atoms with Gasteiger partial charge in [-0.15, -0.1) is 0 Å². The number of hydrogen-bond donors (Lipinski definition) is 0. The Morgan fingerprint density at radius 2 is 2.13 bits per heavy atom. The van der Waals surface area contributed by atoms with Crippen molar-refractivity contribution < 1.29 is 13.2 Å². The molecule has 23 heavy (non-hydrogen) atoms. The lowest BCUT2D eigenvalue weighted by Gasteiger charge is -2.35. The van der Waals surface area contributed by atoms with E-state index < -0.39 is 9.84 Å². The van der Waals surface area contributed by atoms with Crippen LogP contribution in [-0.4, -0.2) is 53.4 Å². The van der Waals surface area contributed by atoms with Crippen LogP contribution in [0.15, 0.2) is 12.4 Å². The average Bonchev–Trinajstić information content (AvgIpc) is 3.13.